The molecule has 5 nitrogen and oxygen atoms in total. The summed E-state index contributed by atoms with van der Waals surface area (Å²) in [5.41, 5.74) is 3.97. The lowest BCUT2D eigenvalue weighted by Crippen LogP contribution is -2.30. The highest BCUT2D eigenvalue weighted by atomic mass is 79.9. The number of carboxylic acid groups (broad SMARTS) is 1. The van der Waals surface area contributed by atoms with Gasteiger partial charge in [0.2, 0.25) is 0 Å². The largest absolute Gasteiger partial charge is 0.481 e. The molecule has 2 aromatic rings. The number of nitrogens with one attached hydrogen (secondary N) is 2. The summed E-state index contributed by atoms with van der Waals surface area (Å²) in [6.45, 7) is 0.125. The first-order valence-electron chi connectivity index (χ1n) is 9.35. The second kappa shape index (κ2) is 7.80. The maximum absolute atomic E-state index is 12.4. The Balaban J connectivity index is 1.60. The van der Waals surface area contributed by atoms with Crippen molar-refractivity contribution >= 4 is 33.5 Å². The molecule has 2 aliphatic rings. The number of amides is 1. The van der Waals surface area contributed by atoms with Crippen molar-refractivity contribution in [2.45, 2.75) is 24.8 Å². The monoisotopic (exact) mass is 440 g/mol. The van der Waals surface area contributed by atoms with E-state index in [-0.39, 0.29) is 30.8 Å². The highest BCUT2D eigenvalue weighted by molar-refractivity contribution is 9.10. The summed E-state index contributed by atoms with van der Waals surface area (Å²) in [7, 11) is 0. The molecule has 28 heavy (non-hydrogen) atoms. The van der Waals surface area contributed by atoms with Gasteiger partial charge in [0.25, 0.3) is 5.91 Å². The van der Waals surface area contributed by atoms with Crippen molar-refractivity contribution in [1.29, 1.82) is 0 Å². The van der Waals surface area contributed by atoms with Gasteiger partial charge >= 0.3 is 5.97 Å². The fourth-order valence-electron chi connectivity index (χ4n) is 4.15. The Bertz CT molecular complexity index is 957. The number of anilines is 1. The van der Waals surface area contributed by atoms with Gasteiger partial charge in [0.05, 0.1) is 12.5 Å². The van der Waals surface area contributed by atoms with Gasteiger partial charge in [-0.15, -0.1) is 0 Å². The molecule has 3 atom stereocenters. The maximum Gasteiger partial charge on any atom is 0.305 e. The third-order valence-corrected chi connectivity index (χ3v) is 5.95. The molecule has 1 heterocycles. The highest BCUT2D eigenvalue weighted by Crippen LogP contribution is 2.50. The molecule has 0 saturated carbocycles. The van der Waals surface area contributed by atoms with Crippen LogP contribution in [-0.4, -0.2) is 23.5 Å². The van der Waals surface area contributed by atoms with E-state index in [1.54, 1.807) is 6.07 Å². The number of aliphatic carboxylic acids is 1. The predicted octanol–water partition coefficient (Wildman–Crippen LogP) is 4.48. The van der Waals surface area contributed by atoms with Crippen LogP contribution in [0.25, 0.3) is 0 Å². The zero-order chi connectivity index (χ0) is 19.7. The Kier molecular flexibility index (Phi) is 5.22. The molecule has 1 aliphatic heterocycles. The summed E-state index contributed by atoms with van der Waals surface area (Å²) in [5.74, 6) is -0.511. The molecule has 1 aliphatic carbocycles. The van der Waals surface area contributed by atoms with Crippen molar-refractivity contribution in [2.75, 3.05) is 11.9 Å². The Morgan fingerprint density at radius 2 is 2.07 bits per heavy atom. The molecule has 144 valence electrons. The molecule has 0 aromatic heterocycles. The Labute approximate surface area is 172 Å². The van der Waals surface area contributed by atoms with E-state index in [2.05, 4.69) is 56.9 Å². The smallest absolute Gasteiger partial charge is 0.305 e. The molecule has 0 saturated heterocycles. The lowest BCUT2D eigenvalue weighted by molar-refractivity contribution is -0.136. The van der Waals surface area contributed by atoms with Gasteiger partial charge in [-0.05, 0) is 53.8 Å². The van der Waals surface area contributed by atoms with Crippen LogP contribution < -0.4 is 10.6 Å². The Morgan fingerprint density at radius 1 is 1.21 bits per heavy atom. The number of carbonyl (C=O) groups is 2. The summed E-state index contributed by atoms with van der Waals surface area (Å²) in [5, 5.41) is 15.1. The Hall–Kier alpha value is -2.60. The van der Waals surface area contributed by atoms with E-state index < -0.39 is 5.97 Å². The van der Waals surface area contributed by atoms with E-state index in [4.69, 9.17) is 5.11 Å². The minimum atomic E-state index is -0.924. The van der Waals surface area contributed by atoms with Crippen LogP contribution in [-0.2, 0) is 4.79 Å². The molecule has 1 amide bonds. The summed E-state index contributed by atoms with van der Waals surface area (Å²) in [6.07, 6.45) is 5.36. The van der Waals surface area contributed by atoms with Crippen molar-refractivity contribution in [3.63, 3.8) is 0 Å². The van der Waals surface area contributed by atoms with Gasteiger partial charge in [0.1, 0.15) is 0 Å². The summed E-state index contributed by atoms with van der Waals surface area (Å²) in [6, 6.07) is 14.3. The molecule has 0 radical (unpaired) electrons. The van der Waals surface area contributed by atoms with Crippen molar-refractivity contribution in [1.82, 2.24) is 5.32 Å². The van der Waals surface area contributed by atoms with Gasteiger partial charge < -0.3 is 15.7 Å². The molecule has 4 rings (SSSR count). The molecule has 0 unspecified atom stereocenters. The van der Waals surface area contributed by atoms with Crippen LogP contribution in [0.3, 0.4) is 0 Å². The zero-order valence-electron chi connectivity index (χ0n) is 15.2. The van der Waals surface area contributed by atoms with Crippen molar-refractivity contribution in [3.8, 4) is 0 Å². The lowest BCUT2D eigenvalue weighted by Gasteiger charge is -2.37. The van der Waals surface area contributed by atoms with Crippen LogP contribution in [0.5, 0.6) is 0 Å². The van der Waals surface area contributed by atoms with E-state index in [0.29, 0.717) is 11.5 Å². The van der Waals surface area contributed by atoms with Gasteiger partial charge in [0, 0.05) is 28.2 Å². The summed E-state index contributed by atoms with van der Waals surface area (Å²) in [4.78, 5) is 23.0. The zero-order valence-corrected chi connectivity index (χ0v) is 16.8. The number of fused-ring (bicyclic) bond motifs is 3. The minimum Gasteiger partial charge on any atom is -0.481 e. The first-order valence-corrected chi connectivity index (χ1v) is 10.1. The highest BCUT2D eigenvalue weighted by Gasteiger charge is 2.38. The maximum atomic E-state index is 12.4. The van der Waals surface area contributed by atoms with Crippen molar-refractivity contribution in [2.24, 2.45) is 5.92 Å². The number of rotatable bonds is 5. The fraction of sp³-hybridized carbons (Fsp3) is 0.273. The third-order valence-electron chi connectivity index (χ3n) is 5.46. The molecular formula is C22H21BrN2O3. The molecule has 0 fully saturated rings. The van der Waals surface area contributed by atoms with Crippen LogP contribution >= 0.6 is 15.9 Å². The van der Waals surface area contributed by atoms with E-state index in [1.807, 2.05) is 18.2 Å². The first-order chi connectivity index (χ1) is 13.5. The fourth-order valence-corrected chi connectivity index (χ4v) is 4.57. The first kappa shape index (κ1) is 18.7. The topological polar surface area (TPSA) is 78.4 Å². The third kappa shape index (κ3) is 3.69. The molecule has 2 aromatic carbocycles. The molecule has 0 bridgehead atoms. The van der Waals surface area contributed by atoms with Gasteiger partial charge in [-0.25, -0.2) is 0 Å². The average Bonchev–Trinajstić information content (AvgIpc) is 3.16. The van der Waals surface area contributed by atoms with E-state index in [0.717, 1.165) is 22.1 Å². The van der Waals surface area contributed by atoms with Gasteiger partial charge in [0.15, 0.2) is 0 Å². The van der Waals surface area contributed by atoms with Gasteiger partial charge in [-0.2, -0.15) is 0 Å². The number of carboxylic acids is 1. The van der Waals surface area contributed by atoms with E-state index in [1.165, 1.54) is 5.56 Å². The number of hydrogen-bond donors (Lipinski definition) is 3. The molecule has 0 spiro atoms. The number of halogens is 1. The number of allylic oxidation sites excluding steroid dienone is 2. The SMILES string of the molecule is O=C(O)CCNC(=O)c1ccc2c(c1)[C@@H]1C=CC[C@@H]1[C@@H](c1cccc(Br)c1)N2. The standard InChI is InChI=1S/C22H21BrN2O3/c23-15-4-1-3-13(11-15)21-17-6-2-5-16(17)18-12-14(7-8-19(18)25-21)22(28)24-10-9-20(26)27/h1-5,7-8,11-12,16-17,21,25H,6,9-10H2,(H,24,28)(H,26,27)/t16-,17+,21-/m1/s1. The van der Waals surface area contributed by atoms with Crippen molar-refractivity contribution < 1.29 is 14.7 Å². The predicted molar refractivity (Wildman–Crippen MR) is 112 cm³/mol. The van der Waals surface area contributed by atoms with Gasteiger partial charge in [-0.1, -0.05) is 40.2 Å². The Morgan fingerprint density at radius 3 is 2.86 bits per heavy atom. The lowest BCUT2D eigenvalue weighted by atomic mass is 9.76. The van der Waals surface area contributed by atoms with Crippen LogP contribution in [0.4, 0.5) is 5.69 Å². The average molecular weight is 441 g/mol. The second-order valence-electron chi connectivity index (χ2n) is 7.23. The minimum absolute atomic E-state index is 0.0833. The van der Waals surface area contributed by atoms with Crippen molar-refractivity contribution in [3.05, 3.63) is 75.8 Å². The van der Waals surface area contributed by atoms with Crippen LogP contribution in [0, 0.1) is 5.92 Å². The molecular weight excluding hydrogens is 420 g/mol. The molecule has 6 heteroatoms. The molecule has 3 N–H and O–H groups in total. The quantitative estimate of drug-likeness (QED) is 0.598. The second-order valence-corrected chi connectivity index (χ2v) is 8.15. The number of carbonyl (C=O) groups excluding carboxylic acids is 1. The van der Waals surface area contributed by atoms with Gasteiger partial charge in [-0.3, -0.25) is 9.59 Å². The van der Waals surface area contributed by atoms with Crippen LogP contribution in [0.15, 0.2) is 59.1 Å². The van der Waals surface area contributed by atoms with Crippen LogP contribution in [0.2, 0.25) is 0 Å². The number of benzene rings is 2. The van der Waals surface area contributed by atoms with E-state index in [9.17, 15) is 9.59 Å². The van der Waals surface area contributed by atoms with Crippen LogP contribution in [0.1, 0.15) is 46.3 Å². The van der Waals surface area contributed by atoms with E-state index >= 15 is 0 Å². The normalized spacial score (nSPS) is 22.1. The number of hydrogen-bond acceptors (Lipinski definition) is 3. The summed E-state index contributed by atoms with van der Waals surface area (Å²) < 4.78 is 1.06. The summed E-state index contributed by atoms with van der Waals surface area (Å²) >= 11 is 3.56.